The van der Waals surface area contributed by atoms with E-state index in [9.17, 15) is 4.79 Å². The minimum absolute atomic E-state index is 0.227. The van der Waals surface area contributed by atoms with E-state index in [0.717, 1.165) is 31.0 Å². The fourth-order valence-corrected chi connectivity index (χ4v) is 1.68. The number of rotatable bonds is 3. The number of nitrogens with zero attached hydrogens (tertiary/aromatic N) is 3. The highest BCUT2D eigenvalue weighted by molar-refractivity contribution is 5.71. The van der Waals surface area contributed by atoms with Gasteiger partial charge in [0.25, 0.3) is 0 Å². The largest absolute Gasteiger partial charge is 0.466 e. The van der Waals surface area contributed by atoms with E-state index in [-0.39, 0.29) is 12.4 Å². The molecule has 1 aromatic heterocycles. The maximum Gasteiger partial charge on any atom is 0.313 e. The second-order valence-electron chi connectivity index (χ2n) is 3.27. The van der Waals surface area contributed by atoms with Crippen molar-refractivity contribution in [3.8, 4) is 0 Å². The number of esters is 1. The third-order valence-electron chi connectivity index (χ3n) is 2.29. The maximum atomic E-state index is 11.2. The summed E-state index contributed by atoms with van der Waals surface area (Å²) in [5, 5.41) is 7.99. The van der Waals surface area contributed by atoms with Gasteiger partial charge in [-0.1, -0.05) is 0 Å². The van der Waals surface area contributed by atoms with Gasteiger partial charge in [0.05, 0.1) is 6.61 Å². The average molecular weight is 195 g/mol. The predicted octanol–water partition coefficient (Wildman–Crippen LogP) is 0.330. The van der Waals surface area contributed by atoms with Crippen molar-refractivity contribution < 1.29 is 9.53 Å². The highest BCUT2D eigenvalue weighted by atomic mass is 16.5. The zero-order valence-electron chi connectivity index (χ0n) is 8.19. The maximum absolute atomic E-state index is 11.2. The molecule has 0 saturated carbocycles. The molecule has 0 bridgehead atoms. The molecule has 0 spiro atoms. The molecule has 1 aliphatic heterocycles. The molecule has 0 unspecified atom stereocenters. The normalized spacial score (nSPS) is 14.1. The Kier molecular flexibility index (Phi) is 2.47. The van der Waals surface area contributed by atoms with Crippen molar-refractivity contribution in [2.45, 2.75) is 32.7 Å². The molecule has 0 saturated heterocycles. The number of hydrogen-bond acceptors (Lipinski definition) is 4. The first-order valence-electron chi connectivity index (χ1n) is 4.88. The SMILES string of the molecule is CCOC(=O)Cc1nnc2n1CCC2. The van der Waals surface area contributed by atoms with Crippen LogP contribution in [0.5, 0.6) is 0 Å². The van der Waals surface area contributed by atoms with Gasteiger partial charge in [-0.05, 0) is 13.3 Å². The van der Waals surface area contributed by atoms with Crippen molar-refractivity contribution in [3.05, 3.63) is 11.6 Å². The smallest absolute Gasteiger partial charge is 0.313 e. The Bertz CT molecular complexity index is 346. The molecule has 0 aromatic carbocycles. The third kappa shape index (κ3) is 1.62. The van der Waals surface area contributed by atoms with Gasteiger partial charge in [0.2, 0.25) is 0 Å². The van der Waals surface area contributed by atoms with E-state index in [1.165, 1.54) is 0 Å². The highest BCUT2D eigenvalue weighted by Gasteiger charge is 2.19. The summed E-state index contributed by atoms with van der Waals surface area (Å²) >= 11 is 0. The first-order chi connectivity index (χ1) is 6.81. The zero-order valence-corrected chi connectivity index (χ0v) is 8.19. The molecule has 1 aliphatic rings. The molecule has 5 nitrogen and oxygen atoms in total. The fraction of sp³-hybridized carbons (Fsp3) is 0.667. The van der Waals surface area contributed by atoms with Crippen molar-refractivity contribution in [1.82, 2.24) is 14.8 Å². The molecule has 1 aromatic rings. The van der Waals surface area contributed by atoms with Crippen LogP contribution in [0.15, 0.2) is 0 Å². The van der Waals surface area contributed by atoms with Crippen LogP contribution in [0.1, 0.15) is 25.0 Å². The van der Waals surface area contributed by atoms with E-state index in [4.69, 9.17) is 4.74 Å². The molecule has 76 valence electrons. The number of fused-ring (bicyclic) bond motifs is 1. The van der Waals surface area contributed by atoms with Crippen LogP contribution in [0.3, 0.4) is 0 Å². The van der Waals surface area contributed by atoms with E-state index >= 15 is 0 Å². The molecule has 0 aliphatic carbocycles. The lowest BCUT2D eigenvalue weighted by Gasteiger charge is -2.02. The van der Waals surface area contributed by atoms with E-state index in [2.05, 4.69) is 10.2 Å². The van der Waals surface area contributed by atoms with Crippen LogP contribution in [-0.2, 0) is 28.9 Å². The summed E-state index contributed by atoms with van der Waals surface area (Å²) in [4.78, 5) is 11.2. The molecule has 0 amide bonds. The van der Waals surface area contributed by atoms with Crippen molar-refractivity contribution >= 4 is 5.97 Å². The van der Waals surface area contributed by atoms with Gasteiger partial charge < -0.3 is 9.30 Å². The highest BCUT2D eigenvalue weighted by Crippen LogP contribution is 2.14. The summed E-state index contributed by atoms with van der Waals surface area (Å²) in [5.74, 6) is 1.50. The van der Waals surface area contributed by atoms with E-state index in [1.807, 2.05) is 4.57 Å². The van der Waals surface area contributed by atoms with Gasteiger partial charge in [0.15, 0.2) is 0 Å². The first-order valence-corrected chi connectivity index (χ1v) is 4.88. The van der Waals surface area contributed by atoms with Crippen molar-refractivity contribution in [3.63, 3.8) is 0 Å². The lowest BCUT2D eigenvalue weighted by atomic mass is 10.4. The van der Waals surface area contributed by atoms with Crippen LogP contribution < -0.4 is 0 Å². The molecule has 0 fully saturated rings. The number of aromatic nitrogens is 3. The van der Waals surface area contributed by atoms with Crippen molar-refractivity contribution in [2.75, 3.05) is 6.61 Å². The molecular formula is C9H13N3O2. The molecular weight excluding hydrogens is 182 g/mol. The molecule has 14 heavy (non-hydrogen) atoms. The molecule has 0 N–H and O–H groups in total. The number of carbonyl (C=O) groups is 1. The molecule has 5 heteroatoms. The Balaban J connectivity index is 2.06. The van der Waals surface area contributed by atoms with Crippen LogP contribution in [0.25, 0.3) is 0 Å². The van der Waals surface area contributed by atoms with Gasteiger partial charge in [-0.15, -0.1) is 10.2 Å². The topological polar surface area (TPSA) is 57.0 Å². The second kappa shape index (κ2) is 3.77. The Morgan fingerprint density at radius 2 is 2.43 bits per heavy atom. The minimum Gasteiger partial charge on any atom is -0.466 e. The van der Waals surface area contributed by atoms with E-state index < -0.39 is 0 Å². The van der Waals surface area contributed by atoms with Crippen LogP contribution in [-0.4, -0.2) is 27.3 Å². The lowest BCUT2D eigenvalue weighted by molar-refractivity contribution is -0.142. The lowest BCUT2D eigenvalue weighted by Crippen LogP contribution is -2.12. The zero-order chi connectivity index (χ0) is 9.97. The average Bonchev–Trinajstić information content (AvgIpc) is 2.70. The van der Waals surface area contributed by atoms with E-state index in [0.29, 0.717) is 6.61 Å². The molecule has 0 atom stereocenters. The summed E-state index contributed by atoms with van der Waals surface area (Å²) in [6, 6.07) is 0. The van der Waals surface area contributed by atoms with Crippen LogP contribution in [0.2, 0.25) is 0 Å². The fourth-order valence-electron chi connectivity index (χ4n) is 1.68. The second-order valence-corrected chi connectivity index (χ2v) is 3.27. The van der Waals surface area contributed by atoms with Crippen LogP contribution >= 0.6 is 0 Å². The summed E-state index contributed by atoms with van der Waals surface area (Å²) in [6.45, 7) is 3.14. The van der Waals surface area contributed by atoms with Gasteiger partial charge in [0.1, 0.15) is 18.1 Å². The monoisotopic (exact) mass is 195 g/mol. The quantitative estimate of drug-likeness (QED) is 0.652. The van der Waals surface area contributed by atoms with E-state index in [1.54, 1.807) is 6.92 Å². The summed E-state index contributed by atoms with van der Waals surface area (Å²) in [6.07, 6.45) is 2.30. The number of ether oxygens (including phenoxy) is 1. The summed E-state index contributed by atoms with van der Waals surface area (Å²) < 4.78 is 6.87. The summed E-state index contributed by atoms with van der Waals surface area (Å²) in [7, 11) is 0. The van der Waals surface area contributed by atoms with Crippen molar-refractivity contribution in [1.29, 1.82) is 0 Å². The summed E-state index contributed by atoms with van der Waals surface area (Å²) in [5.41, 5.74) is 0. The van der Waals surface area contributed by atoms with Gasteiger partial charge in [-0.3, -0.25) is 4.79 Å². The van der Waals surface area contributed by atoms with Crippen LogP contribution in [0.4, 0.5) is 0 Å². The molecule has 2 heterocycles. The van der Waals surface area contributed by atoms with Gasteiger partial charge in [-0.25, -0.2) is 0 Å². The van der Waals surface area contributed by atoms with Gasteiger partial charge in [-0.2, -0.15) is 0 Å². The third-order valence-corrected chi connectivity index (χ3v) is 2.29. The van der Waals surface area contributed by atoms with Crippen LogP contribution in [0, 0.1) is 0 Å². The molecule has 2 rings (SSSR count). The van der Waals surface area contributed by atoms with Crippen molar-refractivity contribution in [2.24, 2.45) is 0 Å². The first kappa shape index (κ1) is 9.18. The Morgan fingerprint density at radius 3 is 3.21 bits per heavy atom. The predicted molar refractivity (Wildman–Crippen MR) is 48.7 cm³/mol. The Hall–Kier alpha value is -1.39. The van der Waals surface area contributed by atoms with Gasteiger partial charge >= 0.3 is 5.97 Å². The minimum atomic E-state index is -0.227. The number of hydrogen-bond donors (Lipinski definition) is 0. The number of carbonyl (C=O) groups excluding carboxylic acids is 1. The molecule has 0 radical (unpaired) electrons. The Morgan fingerprint density at radius 1 is 1.57 bits per heavy atom. The van der Waals surface area contributed by atoms with Gasteiger partial charge in [0, 0.05) is 13.0 Å². The Labute approximate surface area is 82.1 Å². The standard InChI is InChI=1S/C9H13N3O2/c1-2-14-9(13)6-8-11-10-7-4-3-5-12(7)8/h2-6H2,1H3. The number of aryl methyl sites for hydroxylation is 1.